The van der Waals surface area contributed by atoms with Gasteiger partial charge in [0.05, 0.1) is 26.0 Å². The summed E-state index contributed by atoms with van der Waals surface area (Å²) in [4.78, 5) is 13.5. The topological polar surface area (TPSA) is 63.2 Å². The monoisotopic (exact) mass is 473 g/mol. The fraction of sp³-hybridized carbons (Fsp3) is 0.448. The fourth-order valence-corrected chi connectivity index (χ4v) is 5.69. The Morgan fingerprint density at radius 1 is 0.914 bits per heavy atom. The van der Waals surface area contributed by atoms with Gasteiger partial charge in [-0.2, -0.15) is 5.10 Å². The molecule has 2 aromatic carbocycles. The van der Waals surface area contributed by atoms with Gasteiger partial charge in [0.1, 0.15) is 11.5 Å². The van der Waals surface area contributed by atoms with Gasteiger partial charge in [-0.1, -0.05) is 43.5 Å². The van der Waals surface area contributed by atoms with Crippen LogP contribution in [0.25, 0.3) is 6.08 Å². The van der Waals surface area contributed by atoms with E-state index in [1.54, 1.807) is 19.2 Å². The molecular weight excluding hydrogens is 438 g/mol. The van der Waals surface area contributed by atoms with E-state index in [2.05, 4.69) is 35.7 Å². The summed E-state index contributed by atoms with van der Waals surface area (Å²) >= 11 is 0. The summed E-state index contributed by atoms with van der Waals surface area (Å²) in [6, 6.07) is 16.2. The molecule has 2 fully saturated rings. The fourth-order valence-electron chi connectivity index (χ4n) is 5.69. The van der Waals surface area contributed by atoms with Gasteiger partial charge in [-0.05, 0) is 79.1 Å². The van der Waals surface area contributed by atoms with Crippen molar-refractivity contribution in [2.75, 3.05) is 14.2 Å². The van der Waals surface area contributed by atoms with E-state index in [-0.39, 0.29) is 24.0 Å². The number of rotatable bonds is 5. The van der Waals surface area contributed by atoms with Crippen LogP contribution >= 0.6 is 0 Å². The molecule has 6 heteroatoms. The average molecular weight is 474 g/mol. The van der Waals surface area contributed by atoms with Crippen molar-refractivity contribution in [3.63, 3.8) is 0 Å². The number of carbonyl (C=O) groups excluding carboxylic acids is 1. The van der Waals surface area contributed by atoms with Crippen LogP contribution in [0.5, 0.6) is 11.5 Å². The maximum absolute atomic E-state index is 13.5. The normalized spacial score (nSPS) is 23.5. The van der Waals surface area contributed by atoms with E-state index in [9.17, 15) is 4.79 Å². The molecule has 1 aliphatic heterocycles. The highest BCUT2D eigenvalue weighted by atomic mass is 16.5. The van der Waals surface area contributed by atoms with Gasteiger partial charge in [0.25, 0.3) is 0 Å². The molecule has 1 heterocycles. The first-order chi connectivity index (χ1) is 17.2. The summed E-state index contributed by atoms with van der Waals surface area (Å²) in [6.07, 6.45) is 11.0. The lowest BCUT2D eigenvalue weighted by atomic mass is 9.77. The lowest BCUT2D eigenvalue weighted by Gasteiger charge is -2.31. The van der Waals surface area contributed by atoms with E-state index < -0.39 is 0 Å². The van der Waals surface area contributed by atoms with Crippen LogP contribution in [0.1, 0.15) is 68.5 Å². The minimum Gasteiger partial charge on any atom is -0.497 e. The summed E-state index contributed by atoms with van der Waals surface area (Å²) in [5, 5.41) is 10.0. The van der Waals surface area contributed by atoms with Gasteiger partial charge in [-0.25, -0.2) is 9.80 Å². The zero-order valence-corrected chi connectivity index (χ0v) is 20.7. The predicted molar refractivity (Wildman–Crippen MR) is 139 cm³/mol. The third-order valence-corrected chi connectivity index (χ3v) is 7.56. The van der Waals surface area contributed by atoms with Crippen LogP contribution in [-0.4, -0.2) is 37.0 Å². The molecule has 2 aromatic rings. The van der Waals surface area contributed by atoms with Gasteiger partial charge in [0.15, 0.2) is 0 Å². The van der Waals surface area contributed by atoms with Crippen molar-refractivity contribution in [3.8, 4) is 11.5 Å². The lowest BCUT2D eigenvalue weighted by Crippen LogP contribution is -2.44. The number of nitrogens with zero attached hydrogens (tertiary/aromatic N) is 2. The van der Waals surface area contributed by atoms with Crippen molar-refractivity contribution in [1.29, 1.82) is 0 Å². The zero-order valence-electron chi connectivity index (χ0n) is 20.7. The van der Waals surface area contributed by atoms with E-state index in [1.807, 2.05) is 24.3 Å². The summed E-state index contributed by atoms with van der Waals surface area (Å²) in [6.45, 7) is 0. The summed E-state index contributed by atoms with van der Waals surface area (Å²) < 4.78 is 10.7. The Balaban J connectivity index is 1.47. The summed E-state index contributed by atoms with van der Waals surface area (Å²) in [5.41, 5.74) is 4.49. The van der Waals surface area contributed by atoms with Crippen molar-refractivity contribution >= 4 is 17.8 Å². The number of carbonyl (C=O) groups is 1. The second kappa shape index (κ2) is 10.5. The number of benzene rings is 2. The van der Waals surface area contributed by atoms with Crippen LogP contribution in [-0.2, 0) is 0 Å². The Hall–Kier alpha value is -3.28. The molecule has 0 bridgehead atoms. The minimum absolute atomic E-state index is 0.0802. The van der Waals surface area contributed by atoms with Crippen LogP contribution < -0.4 is 14.8 Å². The number of urea groups is 1. The molecule has 0 saturated heterocycles. The number of nitrogens with one attached hydrogen (secondary N) is 1. The predicted octanol–water partition coefficient (Wildman–Crippen LogP) is 6.34. The third kappa shape index (κ3) is 5.07. The number of hydrazone groups is 1. The van der Waals surface area contributed by atoms with Crippen LogP contribution in [0.4, 0.5) is 4.79 Å². The second-order valence-electron chi connectivity index (χ2n) is 9.77. The van der Waals surface area contributed by atoms with Crippen molar-refractivity contribution in [2.45, 2.75) is 63.5 Å². The maximum Gasteiger partial charge on any atom is 0.338 e. The number of ether oxygens (including phenoxy) is 2. The SMILES string of the molecule is COc1ccc(/C=C2/CCCC3C2=NN(C(=O)NC2CCCCC2)C3c2ccc(OC)cc2)cc1. The Labute approximate surface area is 208 Å². The quantitative estimate of drug-likeness (QED) is 0.551. The van der Waals surface area contributed by atoms with Crippen LogP contribution in [0.2, 0.25) is 0 Å². The molecular formula is C29H35N3O3. The highest BCUT2D eigenvalue weighted by molar-refractivity contribution is 6.08. The second-order valence-corrected chi connectivity index (χ2v) is 9.77. The third-order valence-electron chi connectivity index (χ3n) is 7.56. The van der Waals surface area contributed by atoms with E-state index in [4.69, 9.17) is 14.6 Å². The molecule has 0 spiro atoms. The molecule has 2 amide bonds. The molecule has 2 saturated carbocycles. The molecule has 35 heavy (non-hydrogen) atoms. The molecule has 6 nitrogen and oxygen atoms in total. The summed E-state index contributed by atoms with van der Waals surface area (Å²) in [5.74, 6) is 1.84. The van der Waals surface area contributed by atoms with Gasteiger partial charge < -0.3 is 14.8 Å². The standard InChI is InChI=1S/C29H35N3O3/c1-34-24-15-11-20(12-16-24)19-22-7-6-10-26-27(22)31-32(29(33)30-23-8-4-3-5-9-23)28(26)21-13-17-25(35-2)18-14-21/h11-19,23,26,28H,3-10H2,1-2H3,(H,30,33)/b22-19-. The van der Waals surface area contributed by atoms with E-state index in [0.29, 0.717) is 0 Å². The summed E-state index contributed by atoms with van der Waals surface area (Å²) in [7, 11) is 3.35. The van der Waals surface area contributed by atoms with E-state index in [0.717, 1.165) is 60.4 Å². The number of allylic oxidation sites excluding steroid dienone is 1. The Morgan fingerprint density at radius 3 is 2.23 bits per heavy atom. The molecule has 2 unspecified atom stereocenters. The smallest absolute Gasteiger partial charge is 0.338 e. The highest BCUT2D eigenvalue weighted by Gasteiger charge is 2.44. The maximum atomic E-state index is 13.5. The Morgan fingerprint density at radius 2 is 1.57 bits per heavy atom. The van der Waals surface area contributed by atoms with E-state index in [1.165, 1.54) is 24.8 Å². The first-order valence-corrected chi connectivity index (χ1v) is 12.8. The number of methoxy groups -OCH3 is 2. The molecule has 2 atom stereocenters. The number of hydrogen-bond donors (Lipinski definition) is 1. The number of hydrogen-bond acceptors (Lipinski definition) is 4. The average Bonchev–Trinajstić information content (AvgIpc) is 3.31. The highest BCUT2D eigenvalue weighted by Crippen LogP contribution is 2.44. The molecule has 1 N–H and O–H groups in total. The van der Waals surface area contributed by atoms with Gasteiger partial charge in [0, 0.05) is 12.0 Å². The first-order valence-electron chi connectivity index (χ1n) is 12.8. The van der Waals surface area contributed by atoms with Crippen LogP contribution in [0.3, 0.4) is 0 Å². The largest absolute Gasteiger partial charge is 0.497 e. The zero-order chi connectivity index (χ0) is 24.2. The number of fused-ring (bicyclic) bond motifs is 1. The van der Waals surface area contributed by atoms with Gasteiger partial charge in [-0.3, -0.25) is 0 Å². The molecule has 2 aliphatic carbocycles. The molecule has 5 rings (SSSR count). The van der Waals surface area contributed by atoms with E-state index >= 15 is 0 Å². The van der Waals surface area contributed by atoms with Crippen molar-refractivity contribution in [1.82, 2.24) is 10.3 Å². The van der Waals surface area contributed by atoms with Crippen LogP contribution in [0.15, 0.2) is 59.2 Å². The lowest BCUT2D eigenvalue weighted by molar-refractivity contribution is 0.167. The minimum atomic E-state index is -0.112. The van der Waals surface area contributed by atoms with Crippen molar-refractivity contribution in [3.05, 3.63) is 65.2 Å². The molecule has 0 aromatic heterocycles. The van der Waals surface area contributed by atoms with Crippen LogP contribution in [0, 0.1) is 5.92 Å². The Bertz CT molecular complexity index is 1090. The number of amides is 2. The van der Waals surface area contributed by atoms with Gasteiger partial charge >= 0.3 is 6.03 Å². The van der Waals surface area contributed by atoms with Gasteiger partial charge in [0.2, 0.25) is 0 Å². The van der Waals surface area contributed by atoms with Crippen molar-refractivity contribution in [2.24, 2.45) is 11.0 Å². The Kier molecular flexibility index (Phi) is 7.07. The molecule has 3 aliphatic rings. The molecule has 184 valence electrons. The van der Waals surface area contributed by atoms with Gasteiger partial charge in [-0.15, -0.1) is 0 Å². The molecule has 0 radical (unpaired) electrons. The first kappa shape index (κ1) is 23.5. The van der Waals surface area contributed by atoms with Crippen molar-refractivity contribution < 1.29 is 14.3 Å².